The maximum atomic E-state index is 12.2. The molecule has 0 amide bonds. The van der Waals surface area contributed by atoms with Gasteiger partial charge in [-0.25, -0.2) is 4.98 Å². The highest BCUT2D eigenvalue weighted by molar-refractivity contribution is 7.16. The number of hydrogen-bond acceptors (Lipinski definition) is 5. The molecule has 1 fully saturated rings. The summed E-state index contributed by atoms with van der Waals surface area (Å²) in [5.74, 6) is 0. The third-order valence-corrected chi connectivity index (χ3v) is 5.12. The molecular weight excluding hydrogens is 320 g/mol. The van der Waals surface area contributed by atoms with Crippen molar-refractivity contribution in [1.82, 2.24) is 19.5 Å². The quantitative estimate of drug-likeness (QED) is 0.716. The van der Waals surface area contributed by atoms with Crippen LogP contribution in [0.3, 0.4) is 0 Å². The van der Waals surface area contributed by atoms with E-state index in [0.29, 0.717) is 17.5 Å². The van der Waals surface area contributed by atoms with Gasteiger partial charge in [-0.2, -0.15) is 9.61 Å². The van der Waals surface area contributed by atoms with E-state index in [0.717, 1.165) is 17.2 Å². The first-order valence-corrected chi connectivity index (χ1v) is 9.06. The van der Waals surface area contributed by atoms with E-state index in [-0.39, 0.29) is 5.56 Å². The van der Waals surface area contributed by atoms with Crippen LogP contribution in [0.5, 0.6) is 0 Å². The van der Waals surface area contributed by atoms with E-state index < -0.39 is 0 Å². The average Bonchev–Trinajstić information content (AvgIpc) is 3.29. The molecule has 1 saturated carbocycles. The van der Waals surface area contributed by atoms with E-state index >= 15 is 0 Å². The maximum absolute atomic E-state index is 12.2. The second-order valence-corrected chi connectivity index (χ2v) is 7.69. The summed E-state index contributed by atoms with van der Waals surface area (Å²) in [5, 5.41) is 5.06. The van der Waals surface area contributed by atoms with Gasteiger partial charge in [-0.15, -0.1) is 0 Å². The first kappa shape index (κ1) is 15.5. The van der Waals surface area contributed by atoms with Crippen LogP contribution in [0.15, 0.2) is 35.1 Å². The van der Waals surface area contributed by atoms with Crippen molar-refractivity contribution < 1.29 is 0 Å². The van der Waals surface area contributed by atoms with Crippen molar-refractivity contribution in [2.24, 2.45) is 0 Å². The molecule has 0 N–H and O–H groups in total. The molecule has 0 spiro atoms. The first-order chi connectivity index (χ1) is 11.6. The molecule has 5 nitrogen and oxygen atoms in total. The Kier molecular flexibility index (Phi) is 3.94. The molecule has 1 aromatic carbocycles. The summed E-state index contributed by atoms with van der Waals surface area (Å²) in [6.07, 6.45) is 2.46. The Morgan fingerprint density at radius 1 is 1.25 bits per heavy atom. The van der Waals surface area contributed by atoms with E-state index in [9.17, 15) is 4.79 Å². The number of aryl methyl sites for hydroxylation is 2. The van der Waals surface area contributed by atoms with Gasteiger partial charge in [-0.3, -0.25) is 9.69 Å². The molecule has 2 heterocycles. The van der Waals surface area contributed by atoms with Crippen LogP contribution in [0.1, 0.15) is 34.7 Å². The highest BCUT2D eigenvalue weighted by Crippen LogP contribution is 2.29. The van der Waals surface area contributed by atoms with Gasteiger partial charge in [0, 0.05) is 25.2 Å². The number of nitrogens with zero attached hydrogens (tertiary/aromatic N) is 4. The topological polar surface area (TPSA) is 50.5 Å². The molecule has 0 saturated heterocycles. The Morgan fingerprint density at radius 2 is 2.08 bits per heavy atom. The van der Waals surface area contributed by atoms with E-state index in [1.165, 1.54) is 39.8 Å². The Labute approximate surface area is 144 Å². The van der Waals surface area contributed by atoms with E-state index in [1.807, 2.05) is 6.92 Å². The zero-order chi connectivity index (χ0) is 16.7. The monoisotopic (exact) mass is 340 g/mol. The first-order valence-electron chi connectivity index (χ1n) is 8.24. The van der Waals surface area contributed by atoms with E-state index in [4.69, 9.17) is 0 Å². The molecule has 124 valence electrons. The molecule has 1 aliphatic rings. The van der Waals surface area contributed by atoms with Gasteiger partial charge in [0.15, 0.2) is 0 Å². The molecule has 0 atom stereocenters. The number of benzene rings is 1. The summed E-state index contributed by atoms with van der Waals surface area (Å²) < 4.78 is 1.39. The standard InChI is InChI=1S/C18H20N4OS/c1-12-4-3-5-14(8-12)10-21(16-6-7-16)11-15-9-17(23)22-18(19-15)24-13(2)20-22/h3-5,8-9,16H,6-7,10-11H2,1-2H3. The minimum Gasteiger partial charge on any atom is -0.290 e. The van der Waals surface area contributed by atoms with Crippen molar-refractivity contribution in [1.29, 1.82) is 0 Å². The molecule has 1 aliphatic carbocycles. The SMILES string of the molecule is Cc1cccc(CN(Cc2cc(=O)n3nc(C)sc3n2)C2CC2)c1. The van der Waals surface area contributed by atoms with Crippen molar-refractivity contribution in [2.75, 3.05) is 0 Å². The van der Waals surface area contributed by atoms with E-state index in [2.05, 4.69) is 46.2 Å². The van der Waals surface area contributed by atoms with Crippen LogP contribution in [0, 0.1) is 13.8 Å². The van der Waals surface area contributed by atoms with Crippen LogP contribution in [0.4, 0.5) is 0 Å². The predicted molar refractivity (Wildman–Crippen MR) is 95.3 cm³/mol. The zero-order valence-corrected chi connectivity index (χ0v) is 14.7. The zero-order valence-electron chi connectivity index (χ0n) is 13.9. The van der Waals surface area contributed by atoms with Crippen molar-refractivity contribution in [2.45, 2.75) is 45.8 Å². The van der Waals surface area contributed by atoms with Gasteiger partial charge in [-0.05, 0) is 32.3 Å². The van der Waals surface area contributed by atoms with Crippen molar-refractivity contribution in [3.63, 3.8) is 0 Å². The fourth-order valence-electron chi connectivity index (χ4n) is 3.04. The summed E-state index contributed by atoms with van der Waals surface area (Å²) in [5.41, 5.74) is 3.34. The third kappa shape index (κ3) is 3.25. The van der Waals surface area contributed by atoms with Gasteiger partial charge in [0.2, 0.25) is 4.96 Å². The summed E-state index contributed by atoms with van der Waals surface area (Å²) in [7, 11) is 0. The summed E-state index contributed by atoms with van der Waals surface area (Å²) >= 11 is 1.46. The van der Waals surface area contributed by atoms with Gasteiger partial charge < -0.3 is 0 Å². The second kappa shape index (κ2) is 6.11. The average molecular weight is 340 g/mol. The Balaban J connectivity index is 1.60. The lowest BCUT2D eigenvalue weighted by atomic mass is 10.1. The van der Waals surface area contributed by atoms with Crippen LogP contribution >= 0.6 is 11.3 Å². The van der Waals surface area contributed by atoms with Crippen molar-refractivity contribution in [3.05, 3.63) is 62.5 Å². The lowest BCUT2D eigenvalue weighted by Gasteiger charge is -2.21. The van der Waals surface area contributed by atoms with Gasteiger partial charge in [-0.1, -0.05) is 41.2 Å². The highest BCUT2D eigenvalue weighted by Gasteiger charge is 2.29. The van der Waals surface area contributed by atoms with Gasteiger partial charge in [0.05, 0.1) is 5.69 Å². The number of rotatable bonds is 5. The Morgan fingerprint density at radius 3 is 2.83 bits per heavy atom. The molecule has 3 aromatic rings. The van der Waals surface area contributed by atoms with Crippen molar-refractivity contribution in [3.8, 4) is 0 Å². The molecule has 0 aliphatic heterocycles. The summed E-state index contributed by atoms with van der Waals surface area (Å²) in [6, 6.07) is 10.8. The fraction of sp³-hybridized carbons (Fsp3) is 0.389. The molecule has 2 aromatic heterocycles. The number of aromatic nitrogens is 3. The van der Waals surface area contributed by atoms with Gasteiger partial charge >= 0.3 is 0 Å². The second-order valence-electron chi connectivity index (χ2n) is 6.53. The van der Waals surface area contributed by atoms with Crippen LogP contribution in [-0.2, 0) is 13.1 Å². The lowest BCUT2D eigenvalue weighted by molar-refractivity contribution is 0.243. The minimum atomic E-state index is -0.0920. The highest BCUT2D eigenvalue weighted by atomic mass is 32.1. The van der Waals surface area contributed by atoms with Crippen molar-refractivity contribution >= 4 is 16.3 Å². The molecule has 0 radical (unpaired) electrons. The molecule has 4 rings (SSSR count). The van der Waals surface area contributed by atoms with Crippen LogP contribution in [-0.4, -0.2) is 25.5 Å². The lowest BCUT2D eigenvalue weighted by Crippen LogP contribution is -2.27. The predicted octanol–water partition coefficient (Wildman–Crippen LogP) is 2.93. The molecule has 24 heavy (non-hydrogen) atoms. The number of fused-ring (bicyclic) bond motifs is 1. The number of hydrogen-bond donors (Lipinski definition) is 0. The third-order valence-electron chi connectivity index (χ3n) is 4.30. The van der Waals surface area contributed by atoms with Gasteiger partial charge in [0.1, 0.15) is 5.01 Å². The van der Waals surface area contributed by atoms with Crippen LogP contribution in [0.25, 0.3) is 4.96 Å². The maximum Gasteiger partial charge on any atom is 0.275 e. The Bertz CT molecular complexity index is 942. The van der Waals surface area contributed by atoms with Gasteiger partial charge in [0.25, 0.3) is 5.56 Å². The fourth-order valence-corrected chi connectivity index (χ4v) is 3.81. The van der Waals surface area contributed by atoms with Crippen LogP contribution in [0.2, 0.25) is 0 Å². The summed E-state index contributed by atoms with van der Waals surface area (Å²) in [6.45, 7) is 5.62. The minimum absolute atomic E-state index is 0.0920. The summed E-state index contributed by atoms with van der Waals surface area (Å²) in [4.78, 5) is 20.0. The smallest absolute Gasteiger partial charge is 0.275 e. The Hall–Kier alpha value is -2.05. The molecule has 0 unspecified atom stereocenters. The molecule has 0 bridgehead atoms. The largest absolute Gasteiger partial charge is 0.290 e. The molecule has 6 heteroatoms. The molecular formula is C18H20N4OS. The normalized spacial score (nSPS) is 14.6. The van der Waals surface area contributed by atoms with E-state index in [1.54, 1.807) is 6.07 Å². The van der Waals surface area contributed by atoms with Crippen LogP contribution < -0.4 is 5.56 Å².